The molecule has 134 valence electrons. The van der Waals surface area contributed by atoms with Crippen molar-refractivity contribution in [2.24, 2.45) is 0 Å². The Morgan fingerprint density at radius 3 is 2.29 bits per heavy atom. The summed E-state index contributed by atoms with van der Waals surface area (Å²) in [5.41, 5.74) is 4.23. The van der Waals surface area contributed by atoms with E-state index in [-0.39, 0.29) is 0 Å². The fourth-order valence-electron chi connectivity index (χ4n) is 4.06. The van der Waals surface area contributed by atoms with Gasteiger partial charge in [0.15, 0.2) is 0 Å². The molecule has 6 rings (SSSR count). The number of aromatic amines is 2. The number of hydrogen-bond acceptors (Lipinski definition) is 1. The van der Waals surface area contributed by atoms with Crippen molar-refractivity contribution in [1.29, 1.82) is 0 Å². The van der Waals surface area contributed by atoms with Crippen LogP contribution >= 0.6 is 31.9 Å². The normalized spacial score (nSPS) is 11.9. The van der Waals surface area contributed by atoms with E-state index in [0.29, 0.717) is 0 Å². The fraction of sp³-hybridized carbons (Fsp3) is 0. The number of rotatable bonds is 1. The van der Waals surface area contributed by atoms with Crippen molar-refractivity contribution in [2.45, 2.75) is 0 Å². The van der Waals surface area contributed by atoms with E-state index in [2.05, 4.69) is 96.4 Å². The zero-order valence-corrected chi connectivity index (χ0v) is 17.7. The van der Waals surface area contributed by atoms with Crippen molar-refractivity contribution in [2.75, 3.05) is 0 Å². The van der Waals surface area contributed by atoms with E-state index in [4.69, 9.17) is 4.98 Å². The Labute approximate surface area is 177 Å². The van der Waals surface area contributed by atoms with Crippen LogP contribution < -0.4 is 0 Å². The lowest BCUT2D eigenvalue weighted by Crippen LogP contribution is -1.82. The molecule has 28 heavy (non-hydrogen) atoms. The number of imidazole rings is 1. The van der Waals surface area contributed by atoms with E-state index in [0.717, 1.165) is 47.7 Å². The van der Waals surface area contributed by atoms with Crippen LogP contribution in [0.25, 0.3) is 54.9 Å². The molecule has 0 bridgehead atoms. The number of H-pyrrole nitrogens is 2. The number of benzene rings is 4. The highest BCUT2D eigenvalue weighted by atomic mass is 79.9. The van der Waals surface area contributed by atoms with Crippen LogP contribution in [-0.4, -0.2) is 15.0 Å². The second kappa shape index (κ2) is 5.93. The Bertz CT molecular complexity index is 1540. The zero-order valence-electron chi connectivity index (χ0n) is 14.6. The van der Waals surface area contributed by atoms with E-state index in [9.17, 15) is 0 Å². The summed E-state index contributed by atoms with van der Waals surface area (Å²) in [4.78, 5) is 12.0. The summed E-state index contributed by atoms with van der Waals surface area (Å²) in [6.45, 7) is 0. The molecule has 0 spiro atoms. The fourth-order valence-corrected chi connectivity index (χ4v) is 4.78. The van der Waals surface area contributed by atoms with Gasteiger partial charge in [-0.25, -0.2) is 4.98 Å². The summed E-state index contributed by atoms with van der Waals surface area (Å²) in [7, 11) is 0. The molecule has 4 aromatic carbocycles. The number of aromatic nitrogens is 3. The predicted octanol–water partition coefficient (Wildman–Crippen LogP) is 7.54. The van der Waals surface area contributed by atoms with Crippen molar-refractivity contribution in [3.05, 3.63) is 75.8 Å². The van der Waals surface area contributed by atoms with Gasteiger partial charge in [-0.15, -0.1) is 0 Å². The Morgan fingerprint density at radius 2 is 1.43 bits per heavy atom. The van der Waals surface area contributed by atoms with E-state index in [1.807, 2.05) is 12.3 Å². The van der Waals surface area contributed by atoms with Crippen LogP contribution in [0.1, 0.15) is 0 Å². The first-order chi connectivity index (χ1) is 13.7. The summed E-state index contributed by atoms with van der Waals surface area (Å²) in [5, 5.41) is 5.92. The SMILES string of the molecule is Brc1ccc2[nH]cc(-c3nc4c5cc(Br)ccc5c5ccccc5c4[nH]3)c2c1. The minimum atomic E-state index is 0.872. The summed E-state index contributed by atoms with van der Waals surface area (Å²) in [6, 6.07) is 21.2. The quantitative estimate of drug-likeness (QED) is 0.230. The Balaban J connectivity index is 1.77. The molecule has 6 aromatic rings. The summed E-state index contributed by atoms with van der Waals surface area (Å²) < 4.78 is 2.11. The van der Waals surface area contributed by atoms with Crippen LogP contribution in [0.5, 0.6) is 0 Å². The molecule has 0 amide bonds. The molecule has 0 atom stereocenters. The number of halogens is 2. The average molecular weight is 491 g/mol. The minimum Gasteiger partial charge on any atom is -0.360 e. The first kappa shape index (κ1) is 16.3. The monoisotopic (exact) mass is 489 g/mol. The molecule has 0 saturated heterocycles. The number of nitrogens with one attached hydrogen (secondary N) is 2. The molecule has 0 radical (unpaired) electrons. The van der Waals surface area contributed by atoms with Crippen molar-refractivity contribution < 1.29 is 0 Å². The van der Waals surface area contributed by atoms with Gasteiger partial charge < -0.3 is 9.97 Å². The average Bonchev–Trinajstić information content (AvgIpc) is 3.32. The Hall–Kier alpha value is -2.63. The van der Waals surface area contributed by atoms with Gasteiger partial charge in [-0.2, -0.15) is 0 Å². The molecule has 2 N–H and O–H groups in total. The van der Waals surface area contributed by atoms with E-state index < -0.39 is 0 Å². The van der Waals surface area contributed by atoms with Crippen molar-refractivity contribution in [3.8, 4) is 11.4 Å². The van der Waals surface area contributed by atoms with E-state index >= 15 is 0 Å². The highest BCUT2D eigenvalue weighted by Crippen LogP contribution is 2.37. The van der Waals surface area contributed by atoms with Gasteiger partial charge in [0.1, 0.15) is 5.82 Å². The van der Waals surface area contributed by atoms with Gasteiger partial charge >= 0.3 is 0 Å². The molecule has 3 nitrogen and oxygen atoms in total. The third-order valence-corrected chi connectivity index (χ3v) is 6.31. The molecule has 5 heteroatoms. The van der Waals surface area contributed by atoms with Crippen LogP contribution in [0.3, 0.4) is 0 Å². The lowest BCUT2D eigenvalue weighted by Gasteiger charge is -2.06. The molecule has 2 heterocycles. The third-order valence-electron chi connectivity index (χ3n) is 5.33. The van der Waals surface area contributed by atoms with Crippen LogP contribution in [0.4, 0.5) is 0 Å². The van der Waals surface area contributed by atoms with Gasteiger partial charge in [-0.1, -0.05) is 62.2 Å². The maximum atomic E-state index is 5.04. The first-order valence-electron chi connectivity index (χ1n) is 8.96. The highest BCUT2D eigenvalue weighted by molar-refractivity contribution is 9.10. The van der Waals surface area contributed by atoms with E-state index in [1.165, 1.54) is 16.2 Å². The standard InChI is InChI=1S/C23H13Br2N3/c24-12-5-7-15-14-3-1-2-4-16(14)21-22(18(15)10-12)28-23(27-21)19-11-26-20-8-6-13(25)9-17(19)20/h1-11,26H,(H,27,28). The predicted molar refractivity (Wildman–Crippen MR) is 124 cm³/mol. The van der Waals surface area contributed by atoms with Gasteiger partial charge in [0.05, 0.1) is 11.0 Å². The van der Waals surface area contributed by atoms with Crippen molar-refractivity contribution in [3.63, 3.8) is 0 Å². The topological polar surface area (TPSA) is 44.5 Å². The number of nitrogens with zero attached hydrogens (tertiary/aromatic N) is 1. The molecule has 2 aromatic heterocycles. The highest BCUT2D eigenvalue weighted by Gasteiger charge is 2.16. The van der Waals surface area contributed by atoms with E-state index in [1.54, 1.807) is 0 Å². The van der Waals surface area contributed by atoms with Crippen LogP contribution in [-0.2, 0) is 0 Å². The largest absolute Gasteiger partial charge is 0.360 e. The molecule has 0 saturated carbocycles. The lowest BCUT2D eigenvalue weighted by atomic mass is 10.0. The molecular formula is C23H13Br2N3. The molecule has 0 fully saturated rings. The maximum Gasteiger partial charge on any atom is 0.140 e. The Kier molecular flexibility index (Phi) is 3.46. The maximum absolute atomic E-state index is 5.04. The van der Waals surface area contributed by atoms with Crippen molar-refractivity contribution >= 4 is 75.3 Å². The molecule has 0 unspecified atom stereocenters. The molecule has 0 aliphatic rings. The van der Waals surface area contributed by atoms with Gasteiger partial charge in [-0.3, -0.25) is 0 Å². The van der Waals surface area contributed by atoms with Gasteiger partial charge in [-0.05, 0) is 41.1 Å². The minimum absolute atomic E-state index is 0.872. The smallest absolute Gasteiger partial charge is 0.140 e. The van der Waals surface area contributed by atoms with Crippen LogP contribution in [0.2, 0.25) is 0 Å². The number of hydrogen-bond donors (Lipinski definition) is 2. The zero-order chi connectivity index (χ0) is 18.8. The summed E-state index contributed by atoms with van der Waals surface area (Å²) in [5.74, 6) is 0.872. The van der Waals surface area contributed by atoms with Gasteiger partial charge in [0.2, 0.25) is 0 Å². The number of fused-ring (bicyclic) bond motifs is 7. The molecule has 0 aliphatic heterocycles. The lowest BCUT2D eigenvalue weighted by molar-refractivity contribution is 1.34. The van der Waals surface area contributed by atoms with Gasteiger partial charge in [0.25, 0.3) is 0 Å². The summed E-state index contributed by atoms with van der Waals surface area (Å²) >= 11 is 7.20. The molecular weight excluding hydrogens is 478 g/mol. The Morgan fingerprint density at radius 1 is 0.714 bits per heavy atom. The first-order valence-corrected chi connectivity index (χ1v) is 10.5. The summed E-state index contributed by atoms with van der Waals surface area (Å²) in [6.07, 6.45) is 2.02. The second-order valence-electron chi connectivity index (χ2n) is 6.94. The van der Waals surface area contributed by atoms with Gasteiger partial charge in [0, 0.05) is 42.4 Å². The van der Waals surface area contributed by atoms with Crippen molar-refractivity contribution in [1.82, 2.24) is 15.0 Å². The third kappa shape index (κ3) is 2.30. The second-order valence-corrected chi connectivity index (χ2v) is 8.77. The van der Waals surface area contributed by atoms with Crippen LogP contribution in [0.15, 0.2) is 75.8 Å². The molecule has 0 aliphatic carbocycles. The van der Waals surface area contributed by atoms with Crippen LogP contribution in [0, 0.1) is 0 Å².